The molecule has 0 bridgehead atoms. The summed E-state index contributed by atoms with van der Waals surface area (Å²) in [5.74, 6) is -0.217. The topological polar surface area (TPSA) is 81.7 Å². The van der Waals surface area contributed by atoms with Crippen LogP contribution in [0.2, 0.25) is 0 Å². The van der Waals surface area contributed by atoms with Gasteiger partial charge in [0.25, 0.3) is 5.91 Å². The lowest BCUT2D eigenvalue weighted by Gasteiger charge is -2.11. The highest BCUT2D eigenvalue weighted by Crippen LogP contribution is 2.29. The zero-order chi connectivity index (χ0) is 21.2. The second kappa shape index (κ2) is 7.63. The summed E-state index contributed by atoms with van der Waals surface area (Å²) in [7, 11) is -4.23. The summed E-state index contributed by atoms with van der Waals surface area (Å²) in [6, 6.07) is 14.8. The zero-order valence-corrected chi connectivity index (χ0v) is 15.7. The third-order valence-electron chi connectivity index (χ3n) is 3.91. The third kappa shape index (κ3) is 4.60. The highest BCUT2D eigenvalue weighted by molar-refractivity contribution is 7.88. The number of hydrogen-bond donors (Lipinski definition) is 1. The zero-order valence-electron chi connectivity index (χ0n) is 14.9. The first kappa shape index (κ1) is 20.5. The molecule has 0 saturated heterocycles. The molecule has 10 heteroatoms. The smallest absolute Gasteiger partial charge is 0.497 e. The van der Waals surface area contributed by atoms with E-state index >= 15 is 0 Å². The van der Waals surface area contributed by atoms with Crippen molar-refractivity contribution >= 4 is 32.5 Å². The first-order valence-corrected chi connectivity index (χ1v) is 9.50. The Hall–Kier alpha value is -3.27. The molecule has 152 valence electrons. The molecule has 0 unspecified atom stereocenters. The van der Waals surface area contributed by atoms with Gasteiger partial charge in [-0.3, -0.25) is 4.79 Å². The van der Waals surface area contributed by atoms with Gasteiger partial charge in [-0.15, -0.1) is 0 Å². The second-order valence-electron chi connectivity index (χ2n) is 5.89. The Labute approximate surface area is 164 Å². The summed E-state index contributed by atoms with van der Waals surface area (Å²) < 4.78 is 68.6. The van der Waals surface area contributed by atoms with Gasteiger partial charge in [-0.2, -0.15) is 21.6 Å². The minimum atomic E-state index is -5.75. The van der Waals surface area contributed by atoms with Crippen molar-refractivity contribution in [2.75, 3.05) is 12.4 Å². The maximum absolute atomic E-state index is 12.4. The maximum atomic E-state index is 12.4. The van der Waals surface area contributed by atoms with Crippen molar-refractivity contribution in [1.29, 1.82) is 0 Å². The van der Waals surface area contributed by atoms with Crippen LogP contribution < -0.4 is 14.2 Å². The summed E-state index contributed by atoms with van der Waals surface area (Å²) in [5, 5.41) is 3.70. The molecule has 0 aliphatic carbocycles. The molecular formula is C19H14F3NO5S. The average molecular weight is 425 g/mol. The van der Waals surface area contributed by atoms with Crippen LogP contribution in [0.15, 0.2) is 60.7 Å². The number of alkyl halides is 3. The maximum Gasteiger partial charge on any atom is 0.534 e. The van der Waals surface area contributed by atoms with Crippen molar-refractivity contribution in [3.05, 3.63) is 66.2 Å². The summed E-state index contributed by atoms with van der Waals surface area (Å²) >= 11 is 0. The van der Waals surface area contributed by atoms with E-state index in [0.29, 0.717) is 27.8 Å². The molecule has 0 saturated carbocycles. The molecule has 0 aromatic heterocycles. The Bertz CT molecular complexity index is 1160. The number of methoxy groups -OCH3 is 1. The molecule has 6 nitrogen and oxygen atoms in total. The number of rotatable bonds is 5. The van der Waals surface area contributed by atoms with Gasteiger partial charge in [-0.1, -0.05) is 12.1 Å². The summed E-state index contributed by atoms with van der Waals surface area (Å²) in [4.78, 5) is 12.3. The summed E-state index contributed by atoms with van der Waals surface area (Å²) in [6.07, 6.45) is 0. The van der Waals surface area contributed by atoms with E-state index < -0.39 is 21.4 Å². The number of nitrogens with one attached hydrogen (secondary N) is 1. The van der Waals surface area contributed by atoms with E-state index in [1.165, 1.54) is 25.3 Å². The number of carbonyl (C=O) groups is 1. The number of ether oxygens (including phenoxy) is 1. The number of benzene rings is 3. The first-order chi connectivity index (χ1) is 13.6. The monoisotopic (exact) mass is 425 g/mol. The van der Waals surface area contributed by atoms with E-state index in [1.807, 2.05) is 0 Å². The Morgan fingerprint density at radius 1 is 0.897 bits per heavy atom. The molecule has 29 heavy (non-hydrogen) atoms. The van der Waals surface area contributed by atoms with E-state index in [9.17, 15) is 26.4 Å². The molecular weight excluding hydrogens is 411 g/mol. The molecule has 3 aromatic rings. The molecule has 1 N–H and O–H groups in total. The lowest BCUT2D eigenvalue weighted by molar-refractivity contribution is -0.0500. The van der Waals surface area contributed by atoms with Gasteiger partial charge >= 0.3 is 15.6 Å². The minimum Gasteiger partial charge on any atom is -0.497 e. The average Bonchev–Trinajstić information content (AvgIpc) is 2.67. The van der Waals surface area contributed by atoms with Crippen molar-refractivity contribution in [2.45, 2.75) is 5.51 Å². The first-order valence-electron chi connectivity index (χ1n) is 8.09. The highest BCUT2D eigenvalue weighted by Gasteiger charge is 2.48. The van der Waals surface area contributed by atoms with Crippen LogP contribution in [0.5, 0.6) is 11.5 Å². The van der Waals surface area contributed by atoms with Gasteiger partial charge < -0.3 is 14.2 Å². The van der Waals surface area contributed by atoms with Gasteiger partial charge in [0.05, 0.1) is 7.11 Å². The van der Waals surface area contributed by atoms with Crippen molar-refractivity contribution in [1.82, 2.24) is 0 Å². The predicted molar refractivity (Wildman–Crippen MR) is 100 cm³/mol. The van der Waals surface area contributed by atoms with E-state index in [-0.39, 0.29) is 5.91 Å². The van der Waals surface area contributed by atoms with Gasteiger partial charge in [0.15, 0.2) is 0 Å². The number of amides is 1. The van der Waals surface area contributed by atoms with Crippen LogP contribution in [-0.4, -0.2) is 26.9 Å². The van der Waals surface area contributed by atoms with Crippen molar-refractivity contribution in [3.63, 3.8) is 0 Å². The van der Waals surface area contributed by atoms with Gasteiger partial charge in [-0.25, -0.2) is 0 Å². The van der Waals surface area contributed by atoms with E-state index in [4.69, 9.17) is 4.74 Å². The van der Waals surface area contributed by atoms with Crippen LogP contribution in [0.3, 0.4) is 0 Å². The fourth-order valence-electron chi connectivity index (χ4n) is 2.47. The lowest BCUT2D eigenvalue weighted by atomic mass is 10.1. The van der Waals surface area contributed by atoms with Gasteiger partial charge in [0, 0.05) is 11.3 Å². The standard InChI is InChI=1S/C19H14F3NO5S/c1-27-16-7-3-12(4-8-16)18(24)23-15-6-2-14-11-17(9-5-13(14)10-15)28-29(25,26)19(20,21)22/h2-11H,1H3,(H,23,24). The van der Waals surface area contributed by atoms with Crippen LogP contribution in [-0.2, 0) is 10.1 Å². The number of carbonyl (C=O) groups excluding carboxylic acids is 1. The van der Waals surface area contributed by atoms with Crippen molar-refractivity contribution in [2.24, 2.45) is 0 Å². The Kier molecular flexibility index (Phi) is 5.38. The van der Waals surface area contributed by atoms with Crippen molar-refractivity contribution in [3.8, 4) is 11.5 Å². The molecule has 3 rings (SSSR count). The minimum absolute atomic E-state index is 0.358. The number of hydrogen-bond acceptors (Lipinski definition) is 5. The molecule has 0 atom stereocenters. The molecule has 0 heterocycles. The quantitative estimate of drug-likeness (QED) is 0.486. The van der Waals surface area contributed by atoms with Crippen LogP contribution in [0, 0.1) is 0 Å². The molecule has 0 radical (unpaired) electrons. The molecule has 1 amide bonds. The molecule has 0 aliphatic heterocycles. The number of anilines is 1. The normalized spacial score (nSPS) is 11.9. The summed E-state index contributed by atoms with van der Waals surface area (Å²) in [5.41, 5.74) is -4.65. The number of fused-ring (bicyclic) bond motifs is 1. The fourth-order valence-corrected chi connectivity index (χ4v) is 2.92. The van der Waals surface area contributed by atoms with Crippen LogP contribution in [0.25, 0.3) is 10.8 Å². The fraction of sp³-hybridized carbons (Fsp3) is 0.105. The third-order valence-corrected chi connectivity index (χ3v) is 4.89. The van der Waals surface area contributed by atoms with Gasteiger partial charge in [-0.05, 0) is 59.3 Å². The van der Waals surface area contributed by atoms with E-state index in [2.05, 4.69) is 9.50 Å². The van der Waals surface area contributed by atoms with Crippen LogP contribution in [0.1, 0.15) is 10.4 Å². The molecule has 0 aliphatic rings. The van der Waals surface area contributed by atoms with E-state index in [1.54, 1.807) is 30.3 Å². The SMILES string of the molecule is COc1ccc(C(=O)Nc2ccc3cc(OS(=O)(=O)C(F)(F)F)ccc3c2)cc1. The predicted octanol–water partition coefficient (Wildman–Crippen LogP) is 4.33. The molecule has 0 spiro atoms. The number of halogens is 3. The van der Waals surface area contributed by atoms with Crippen molar-refractivity contribution < 1.29 is 35.3 Å². The Morgan fingerprint density at radius 3 is 2.10 bits per heavy atom. The lowest BCUT2D eigenvalue weighted by Crippen LogP contribution is -2.28. The van der Waals surface area contributed by atoms with Crippen LogP contribution in [0.4, 0.5) is 18.9 Å². The largest absolute Gasteiger partial charge is 0.534 e. The van der Waals surface area contributed by atoms with Crippen LogP contribution >= 0.6 is 0 Å². The molecule has 3 aromatic carbocycles. The van der Waals surface area contributed by atoms with E-state index in [0.717, 1.165) is 12.1 Å². The Balaban J connectivity index is 1.79. The highest BCUT2D eigenvalue weighted by atomic mass is 32.2. The molecule has 0 fully saturated rings. The van der Waals surface area contributed by atoms with Gasteiger partial charge in [0.2, 0.25) is 0 Å². The second-order valence-corrected chi connectivity index (χ2v) is 7.43. The van der Waals surface area contributed by atoms with Gasteiger partial charge in [0.1, 0.15) is 11.5 Å². The summed E-state index contributed by atoms with van der Waals surface area (Å²) in [6.45, 7) is 0. The Morgan fingerprint density at radius 2 is 1.48 bits per heavy atom.